The number of alkyl halides is 1. The van der Waals surface area contributed by atoms with Gasteiger partial charge >= 0.3 is 0 Å². The molecule has 0 bridgehead atoms. The zero-order valence-corrected chi connectivity index (χ0v) is 14.3. The summed E-state index contributed by atoms with van der Waals surface area (Å²) >= 11 is 15.4. The summed E-state index contributed by atoms with van der Waals surface area (Å²) in [7, 11) is 0. The van der Waals surface area contributed by atoms with Crippen LogP contribution in [-0.2, 0) is 0 Å². The first-order chi connectivity index (χ1) is 7.60. The predicted molar refractivity (Wildman–Crippen MR) is 81.6 cm³/mol. The maximum absolute atomic E-state index is 6.58. The van der Waals surface area contributed by atoms with Gasteiger partial charge in [0.05, 0.1) is 9.16 Å². The van der Waals surface area contributed by atoms with Crippen molar-refractivity contribution in [3.05, 3.63) is 19.2 Å². The fourth-order valence-electron chi connectivity index (χ4n) is 1.91. The Balaban J connectivity index is 2.76. The van der Waals surface area contributed by atoms with Crippen molar-refractivity contribution in [3.8, 4) is 0 Å². The van der Waals surface area contributed by atoms with Crippen molar-refractivity contribution < 1.29 is 0 Å². The maximum atomic E-state index is 6.58. The second kappa shape index (κ2) is 7.40. The third-order valence-electron chi connectivity index (χ3n) is 2.67. The van der Waals surface area contributed by atoms with Gasteiger partial charge in [-0.1, -0.05) is 26.7 Å². The highest BCUT2D eigenvalue weighted by Crippen LogP contribution is 2.42. The van der Waals surface area contributed by atoms with Crippen molar-refractivity contribution in [3.63, 3.8) is 0 Å². The first-order valence-electron chi connectivity index (χ1n) is 5.68. The van der Waals surface area contributed by atoms with E-state index in [0.29, 0.717) is 5.92 Å². The van der Waals surface area contributed by atoms with E-state index in [1.807, 2.05) is 0 Å². The van der Waals surface area contributed by atoms with E-state index >= 15 is 0 Å². The molecule has 0 aliphatic heterocycles. The Kier molecular flexibility index (Phi) is 6.94. The largest absolute Gasteiger partial charge is 0.130 e. The minimum absolute atomic E-state index is 0.160. The molecule has 1 aromatic heterocycles. The van der Waals surface area contributed by atoms with Crippen LogP contribution in [0.2, 0.25) is 0 Å². The average molecular weight is 389 g/mol. The molecule has 0 fully saturated rings. The van der Waals surface area contributed by atoms with Crippen molar-refractivity contribution in [2.75, 3.05) is 0 Å². The van der Waals surface area contributed by atoms with Crippen molar-refractivity contribution in [2.45, 2.75) is 44.9 Å². The maximum Gasteiger partial charge on any atom is 0.0843 e. The number of rotatable bonds is 6. The van der Waals surface area contributed by atoms with Gasteiger partial charge in [0.2, 0.25) is 0 Å². The highest BCUT2D eigenvalue weighted by molar-refractivity contribution is 9.13. The number of hydrogen-bond donors (Lipinski definition) is 0. The fourth-order valence-corrected chi connectivity index (χ4v) is 4.52. The van der Waals surface area contributed by atoms with Gasteiger partial charge in [0, 0.05) is 9.35 Å². The molecule has 1 unspecified atom stereocenters. The molecular formula is C12H17Br2ClS. The van der Waals surface area contributed by atoms with E-state index < -0.39 is 0 Å². The zero-order chi connectivity index (χ0) is 12.1. The van der Waals surface area contributed by atoms with Crippen LogP contribution in [-0.4, -0.2) is 0 Å². The van der Waals surface area contributed by atoms with Gasteiger partial charge in [-0.15, -0.1) is 22.9 Å². The van der Waals surface area contributed by atoms with Crippen molar-refractivity contribution in [1.29, 1.82) is 0 Å². The first-order valence-corrected chi connectivity index (χ1v) is 8.52. The smallest absolute Gasteiger partial charge is 0.0843 e. The van der Waals surface area contributed by atoms with Crippen LogP contribution in [0.4, 0.5) is 0 Å². The van der Waals surface area contributed by atoms with Crippen molar-refractivity contribution in [2.24, 2.45) is 5.92 Å². The van der Waals surface area contributed by atoms with Crippen LogP contribution in [0.3, 0.4) is 0 Å². The van der Waals surface area contributed by atoms with Crippen LogP contribution < -0.4 is 0 Å². The number of halogens is 3. The molecule has 1 aromatic rings. The van der Waals surface area contributed by atoms with E-state index in [1.54, 1.807) is 11.3 Å². The number of hydrogen-bond acceptors (Lipinski definition) is 1. The second-order valence-corrected chi connectivity index (χ2v) is 7.74. The molecule has 1 atom stereocenters. The van der Waals surface area contributed by atoms with Crippen LogP contribution in [0.15, 0.2) is 14.3 Å². The summed E-state index contributed by atoms with van der Waals surface area (Å²) < 4.78 is 2.25. The van der Waals surface area contributed by atoms with E-state index in [-0.39, 0.29) is 5.38 Å². The van der Waals surface area contributed by atoms with Gasteiger partial charge in [-0.25, -0.2) is 0 Å². The normalized spacial score (nSPS) is 13.4. The van der Waals surface area contributed by atoms with Gasteiger partial charge in [-0.05, 0) is 56.7 Å². The molecule has 0 N–H and O–H groups in total. The molecule has 1 rings (SSSR count). The predicted octanol–water partition coefficient (Wildman–Crippen LogP) is 6.77. The van der Waals surface area contributed by atoms with Gasteiger partial charge in [0.15, 0.2) is 0 Å². The molecule has 0 radical (unpaired) electrons. The van der Waals surface area contributed by atoms with E-state index in [1.165, 1.54) is 30.6 Å². The molecule has 0 spiro atoms. The standard InChI is InChI=1S/C12H17Br2ClS/c1-3-5-8(6-4-2)11(15)10-7-9(13)12(14)16-10/h7-8,11H,3-6H2,1-2H3. The molecule has 92 valence electrons. The van der Waals surface area contributed by atoms with Gasteiger partial charge in [-0.2, -0.15) is 0 Å². The summed E-state index contributed by atoms with van der Waals surface area (Å²) in [6.45, 7) is 4.46. The van der Waals surface area contributed by atoms with Gasteiger partial charge in [0.25, 0.3) is 0 Å². The van der Waals surface area contributed by atoms with Gasteiger partial charge in [-0.3, -0.25) is 0 Å². The van der Waals surface area contributed by atoms with E-state index in [4.69, 9.17) is 11.6 Å². The third kappa shape index (κ3) is 4.01. The molecule has 0 nitrogen and oxygen atoms in total. The lowest BCUT2D eigenvalue weighted by Gasteiger charge is -2.20. The Morgan fingerprint density at radius 1 is 1.25 bits per heavy atom. The molecule has 0 amide bonds. The Morgan fingerprint density at radius 3 is 2.19 bits per heavy atom. The topological polar surface area (TPSA) is 0 Å². The Labute approximate surface area is 124 Å². The van der Waals surface area contributed by atoms with Crippen LogP contribution >= 0.6 is 54.8 Å². The molecule has 0 aliphatic carbocycles. The summed E-state index contributed by atoms with van der Waals surface area (Å²) in [6, 6.07) is 2.14. The fraction of sp³-hybridized carbons (Fsp3) is 0.667. The summed E-state index contributed by atoms with van der Waals surface area (Å²) in [5.41, 5.74) is 0. The lowest BCUT2D eigenvalue weighted by Crippen LogP contribution is -2.06. The quantitative estimate of drug-likeness (QED) is 0.472. The highest BCUT2D eigenvalue weighted by atomic mass is 79.9. The molecule has 4 heteroatoms. The van der Waals surface area contributed by atoms with E-state index in [0.717, 1.165) is 8.26 Å². The van der Waals surface area contributed by atoms with Crippen LogP contribution in [0.25, 0.3) is 0 Å². The molecular weight excluding hydrogens is 371 g/mol. The Hall–Kier alpha value is 0.950. The SMILES string of the molecule is CCCC(CCC)C(Cl)c1cc(Br)c(Br)s1. The summed E-state index contributed by atoms with van der Waals surface area (Å²) in [5.74, 6) is 0.606. The Morgan fingerprint density at radius 2 is 1.81 bits per heavy atom. The minimum atomic E-state index is 0.160. The summed E-state index contributed by atoms with van der Waals surface area (Å²) in [4.78, 5) is 1.27. The Bertz CT molecular complexity index is 299. The average Bonchev–Trinajstić information content (AvgIpc) is 2.58. The zero-order valence-electron chi connectivity index (χ0n) is 9.60. The van der Waals surface area contributed by atoms with Gasteiger partial charge in [0.1, 0.15) is 0 Å². The van der Waals surface area contributed by atoms with Crippen LogP contribution in [0.5, 0.6) is 0 Å². The highest BCUT2D eigenvalue weighted by Gasteiger charge is 2.22. The minimum Gasteiger partial charge on any atom is -0.130 e. The summed E-state index contributed by atoms with van der Waals surface area (Å²) in [5, 5.41) is 0.160. The summed E-state index contributed by atoms with van der Waals surface area (Å²) in [6.07, 6.45) is 4.85. The first kappa shape index (κ1) is 15.0. The lowest BCUT2D eigenvalue weighted by molar-refractivity contribution is 0.429. The molecule has 0 aliphatic rings. The van der Waals surface area contributed by atoms with Crippen LogP contribution in [0, 0.1) is 5.92 Å². The van der Waals surface area contributed by atoms with Crippen LogP contribution in [0.1, 0.15) is 49.8 Å². The molecule has 0 aromatic carbocycles. The van der Waals surface area contributed by atoms with Crippen molar-refractivity contribution in [1.82, 2.24) is 0 Å². The lowest BCUT2D eigenvalue weighted by atomic mass is 9.94. The monoisotopic (exact) mass is 386 g/mol. The van der Waals surface area contributed by atoms with E-state index in [9.17, 15) is 0 Å². The molecule has 0 saturated heterocycles. The number of thiophene rings is 1. The van der Waals surface area contributed by atoms with Crippen molar-refractivity contribution >= 4 is 54.8 Å². The molecule has 1 heterocycles. The molecule has 0 saturated carbocycles. The molecule has 16 heavy (non-hydrogen) atoms. The van der Waals surface area contributed by atoms with Gasteiger partial charge < -0.3 is 0 Å². The second-order valence-electron chi connectivity index (χ2n) is 4.01. The van der Waals surface area contributed by atoms with E-state index in [2.05, 4.69) is 51.8 Å². The third-order valence-corrected chi connectivity index (χ3v) is 6.73.